The number of aliphatic hydroxyl groups excluding tert-OH is 1. The summed E-state index contributed by atoms with van der Waals surface area (Å²) in [5, 5.41) is 9.46. The van der Waals surface area contributed by atoms with Gasteiger partial charge in [-0.1, -0.05) is 6.08 Å². The van der Waals surface area contributed by atoms with Crippen LogP contribution in [0.25, 0.3) is 0 Å². The standard InChI is InChI=1S/C9H14O4/c1-4-5-6-7(8(10)11-5)13-9(2,3)12-6/h4-8,10H,1H2,2-3H3/t5-,6+,7+,8?/m1/s1. The number of rotatable bonds is 1. The van der Waals surface area contributed by atoms with E-state index in [2.05, 4.69) is 6.58 Å². The summed E-state index contributed by atoms with van der Waals surface area (Å²) >= 11 is 0. The molecule has 1 N–H and O–H groups in total. The number of hydrogen-bond donors (Lipinski definition) is 1. The van der Waals surface area contributed by atoms with Gasteiger partial charge in [0.1, 0.15) is 18.3 Å². The van der Waals surface area contributed by atoms with E-state index in [1.54, 1.807) is 6.08 Å². The van der Waals surface area contributed by atoms with Crippen molar-refractivity contribution in [3.8, 4) is 0 Å². The zero-order valence-corrected chi connectivity index (χ0v) is 7.77. The van der Waals surface area contributed by atoms with Crippen molar-refractivity contribution in [2.45, 2.75) is 44.2 Å². The number of ether oxygens (including phenoxy) is 3. The monoisotopic (exact) mass is 186 g/mol. The van der Waals surface area contributed by atoms with E-state index in [1.165, 1.54) is 0 Å². The Morgan fingerprint density at radius 3 is 2.54 bits per heavy atom. The minimum atomic E-state index is -0.908. The molecule has 0 aromatic carbocycles. The fourth-order valence-corrected chi connectivity index (χ4v) is 1.80. The zero-order valence-electron chi connectivity index (χ0n) is 7.77. The normalized spacial score (nSPS) is 47.6. The predicted molar refractivity (Wildman–Crippen MR) is 44.9 cm³/mol. The van der Waals surface area contributed by atoms with Gasteiger partial charge < -0.3 is 19.3 Å². The van der Waals surface area contributed by atoms with Gasteiger partial charge in [-0.05, 0) is 13.8 Å². The summed E-state index contributed by atoms with van der Waals surface area (Å²) in [4.78, 5) is 0. The largest absolute Gasteiger partial charge is 0.366 e. The van der Waals surface area contributed by atoms with Crippen LogP contribution in [0.4, 0.5) is 0 Å². The summed E-state index contributed by atoms with van der Waals surface area (Å²) < 4.78 is 16.2. The molecule has 0 amide bonds. The maximum atomic E-state index is 9.46. The van der Waals surface area contributed by atoms with Gasteiger partial charge in [-0.15, -0.1) is 6.58 Å². The molecular formula is C9H14O4. The molecule has 1 unspecified atom stereocenters. The van der Waals surface area contributed by atoms with Crippen molar-refractivity contribution in [3.05, 3.63) is 12.7 Å². The van der Waals surface area contributed by atoms with E-state index in [9.17, 15) is 5.11 Å². The van der Waals surface area contributed by atoms with Crippen LogP contribution in [0.1, 0.15) is 13.8 Å². The Morgan fingerprint density at radius 2 is 1.92 bits per heavy atom. The highest BCUT2D eigenvalue weighted by atomic mass is 16.8. The first-order chi connectivity index (χ1) is 6.03. The molecular weight excluding hydrogens is 172 g/mol. The summed E-state index contributed by atoms with van der Waals surface area (Å²) in [5.41, 5.74) is 0. The Balaban J connectivity index is 2.17. The fraction of sp³-hybridized carbons (Fsp3) is 0.778. The summed E-state index contributed by atoms with van der Waals surface area (Å²) in [6.45, 7) is 7.25. The molecule has 2 heterocycles. The number of aliphatic hydroxyl groups is 1. The Bertz CT molecular complexity index is 226. The van der Waals surface area contributed by atoms with Gasteiger partial charge in [0.15, 0.2) is 12.1 Å². The highest BCUT2D eigenvalue weighted by molar-refractivity contribution is 5.01. The first-order valence-electron chi connectivity index (χ1n) is 4.35. The molecule has 2 aliphatic rings. The smallest absolute Gasteiger partial charge is 0.184 e. The lowest BCUT2D eigenvalue weighted by atomic mass is 10.1. The zero-order chi connectivity index (χ0) is 9.64. The predicted octanol–water partition coefficient (Wildman–Crippen LogP) is 0.410. The molecule has 4 nitrogen and oxygen atoms in total. The van der Waals surface area contributed by atoms with E-state index in [0.29, 0.717) is 0 Å². The quantitative estimate of drug-likeness (QED) is 0.602. The first kappa shape index (κ1) is 9.15. The van der Waals surface area contributed by atoms with Crippen LogP contribution < -0.4 is 0 Å². The average Bonchev–Trinajstić information content (AvgIpc) is 2.47. The van der Waals surface area contributed by atoms with Crippen LogP contribution in [-0.2, 0) is 14.2 Å². The highest BCUT2D eigenvalue weighted by Gasteiger charge is 2.53. The molecule has 4 heteroatoms. The van der Waals surface area contributed by atoms with E-state index in [1.807, 2.05) is 13.8 Å². The lowest BCUT2D eigenvalue weighted by Crippen LogP contribution is -2.29. The maximum Gasteiger partial charge on any atom is 0.184 e. The lowest BCUT2D eigenvalue weighted by molar-refractivity contribution is -0.214. The van der Waals surface area contributed by atoms with Gasteiger partial charge in [-0.2, -0.15) is 0 Å². The van der Waals surface area contributed by atoms with E-state index in [0.717, 1.165) is 0 Å². The van der Waals surface area contributed by atoms with Crippen molar-refractivity contribution < 1.29 is 19.3 Å². The molecule has 0 radical (unpaired) electrons. The van der Waals surface area contributed by atoms with Crippen LogP contribution in [0.15, 0.2) is 12.7 Å². The summed E-state index contributed by atoms with van der Waals surface area (Å²) in [5.74, 6) is -0.638. The van der Waals surface area contributed by atoms with Crippen molar-refractivity contribution in [2.24, 2.45) is 0 Å². The van der Waals surface area contributed by atoms with E-state index in [-0.39, 0.29) is 12.2 Å². The Hall–Kier alpha value is -0.420. The van der Waals surface area contributed by atoms with Crippen LogP contribution in [0.2, 0.25) is 0 Å². The molecule has 0 aliphatic carbocycles. The second-order valence-corrected chi connectivity index (χ2v) is 3.79. The lowest BCUT2D eigenvalue weighted by Gasteiger charge is -2.21. The summed E-state index contributed by atoms with van der Waals surface area (Å²) in [6.07, 6.45) is -0.185. The molecule has 0 spiro atoms. The third-order valence-corrected chi connectivity index (χ3v) is 2.30. The van der Waals surface area contributed by atoms with Crippen LogP contribution in [0, 0.1) is 0 Å². The van der Waals surface area contributed by atoms with Gasteiger partial charge in [0.2, 0.25) is 0 Å². The Kier molecular flexibility index (Phi) is 1.96. The fourth-order valence-electron chi connectivity index (χ4n) is 1.80. The van der Waals surface area contributed by atoms with Crippen LogP contribution in [0.3, 0.4) is 0 Å². The van der Waals surface area contributed by atoms with Crippen molar-refractivity contribution in [3.63, 3.8) is 0 Å². The molecule has 2 rings (SSSR count). The maximum absolute atomic E-state index is 9.46. The van der Waals surface area contributed by atoms with Gasteiger partial charge >= 0.3 is 0 Å². The third kappa shape index (κ3) is 1.40. The van der Waals surface area contributed by atoms with Gasteiger partial charge in [-0.3, -0.25) is 0 Å². The molecule has 2 fully saturated rings. The second-order valence-electron chi connectivity index (χ2n) is 3.79. The van der Waals surface area contributed by atoms with Gasteiger partial charge in [-0.25, -0.2) is 0 Å². The molecule has 0 saturated carbocycles. The third-order valence-electron chi connectivity index (χ3n) is 2.30. The topological polar surface area (TPSA) is 47.9 Å². The van der Waals surface area contributed by atoms with Crippen LogP contribution >= 0.6 is 0 Å². The molecule has 0 aromatic heterocycles. The Morgan fingerprint density at radius 1 is 1.31 bits per heavy atom. The van der Waals surface area contributed by atoms with Gasteiger partial charge in [0, 0.05) is 0 Å². The minimum absolute atomic E-state index is 0.234. The minimum Gasteiger partial charge on any atom is -0.366 e. The first-order valence-corrected chi connectivity index (χ1v) is 4.35. The van der Waals surface area contributed by atoms with Crippen LogP contribution in [0.5, 0.6) is 0 Å². The van der Waals surface area contributed by atoms with Crippen molar-refractivity contribution in [2.75, 3.05) is 0 Å². The highest BCUT2D eigenvalue weighted by Crippen LogP contribution is 2.37. The van der Waals surface area contributed by atoms with Gasteiger partial charge in [0.05, 0.1) is 0 Å². The molecule has 74 valence electrons. The summed E-state index contributed by atoms with van der Waals surface area (Å²) in [6, 6.07) is 0. The van der Waals surface area contributed by atoms with Crippen molar-refractivity contribution in [1.29, 1.82) is 0 Å². The van der Waals surface area contributed by atoms with E-state index < -0.39 is 18.2 Å². The molecule has 2 aliphatic heterocycles. The van der Waals surface area contributed by atoms with Crippen LogP contribution in [-0.4, -0.2) is 35.5 Å². The van der Waals surface area contributed by atoms with Crippen molar-refractivity contribution in [1.82, 2.24) is 0 Å². The second kappa shape index (κ2) is 2.78. The van der Waals surface area contributed by atoms with Gasteiger partial charge in [0.25, 0.3) is 0 Å². The van der Waals surface area contributed by atoms with Crippen molar-refractivity contribution >= 4 is 0 Å². The SMILES string of the molecule is C=C[C@H]1OC(O)[C@H]2OC(C)(C)O[C@H]21. The molecule has 2 saturated heterocycles. The number of hydrogen-bond acceptors (Lipinski definition) is 4. The Labute approximate surface area is 77.1 Å². The average molecular weight is 186 g/mol. The molecule has 4 atom stereocenters. The van der Waals surface area contributed by atoms with E-state index in [4.69, 9.17) is 14.2 Å². The number of fused-ring (bicyclic) bond motifs is 1. The molecule has 13 heavy (non-hydrogen) atoms. The van der Waals surface area contributed by atoms with E-state index >= 15 is 0 Å². The molecule has 0 bridgehead atoms. The molecule has 0 aromatic rings. The summed E-state index contributed by atoms with van der Waals surface area (Å²) in [7, 11) is 0.